The number of amides is 1. The molecule has 0 saturated carbocycles. The van der Waals surface area contributed by atoms with Gasteiger partial charge in [0.25, 0.3) is 0 Å². The van der Waals surface area contributed by atoms with Crippen molar-refractivity contribution in [3.05, 3.63) is 94.2 Å². The third-order valence-corrected chi connectivity index (χ3v) is 6.25. The van der Waals surface area contributed by atoms with Gasteiger partial charge < -0.3 is 10.1 Å². The van der Waals surface area contributed by atoms with Gasteiger partial charge in [0.1, 0.15) is 11.6 Å². The Bertz CT molecular complexity index is 1250. The van der Waals surface area contributed by atoms with Crippen LogP contribution in [-0.2, 0) is 11.2 Å². The maximum atomic E-state index is 12.6. The highest BCUT2D eigenvalue weighted by Crippen LogP contribution is 2.27. The number of carbonyl (C=O) groups excluding carboxylic acids is 1. The summed E-state index contributed by atoms with van der Waals surface area (Å²) in [7, 11) is 1.63. The van der Waals surface area contributed by atoms with E-state index in [2.05, 4.69) is 15.5 Å². The van der Waals surface area contributed by atoms with Crippen molar-refractivity contribution in [3.8, 4) is 11.4 Å². The predicted molar refractivity (Wildman–Crippen MR) is 133 cm³/mol. The second-order valence-corrected chi connectivity index (χ2v) is 8.84. The number of anilines is 1. The van der Waals surface area contributed by atoms with Gasteiger partial charge >= 0.3 is 0 Å². The fourth-order valence-electron chi connectivity index (χ4n) is 3.18. The Hall–Kier alpha value is -3.00. The van der Waals surface area contributed by atoms with E-state index in [9.17, 15) is 4.79 Å². The van der Waals surface area contributed by atoms with Gasteiger partial charge in [0.2, 0.25) is 5.91 Å². The number of rotatable bonds is 8. The normalized spacial score (nSPS) is 10.8. The molecule has 0 fully saturated rings. The fourth-order valence-corrected chi connectivity index (χ4v) is 4.41. The number of carbonyl (C=O) groups is 1. The lowest BCUT2D eigenvalue weighted by Gasteiger charge is -2.11. The molecule has 0 spiro atoms. The molecular formula is C24H20Cl2N4O2S. The standard InChI is InChI=1S/C24H20Cl2N4O2S/c1-32-19-10-8-18(9-11-19)30-22(13-16-5-3-2-4-6-16)28-29-24(30)33-15-23(31)27-21-12-7-17(25)14-20(21)26/h2-12,14H,13,15H2,1H3,(H,27,31). The number of thioether (sulfide) groups is 1. The van der Waals surface area contributed by atoms with E-state index in [4.69, 9.17) is 27.9 Å². The third kappa shape index (κ3) is 5.87. The van der Waals surface area contributed by atoms with Crippen LogP contribution >= 0.6 is 35.0 Å². The summed E-state index contributed by atoms with van der Waals surface area (Å²) in [5, 5.41) is 13.1. The van der Waals surface area contributed by atoms with Crippen molar-refractivity contribution in [2.24, 2.45) is 0 Å². The van der Waals surface area contributed by atoms with Crippen molar-refractivity contribution < 1.29 is 9.53 Å². The van der Waals surface area contributed by atoms with E-state index in [1.807, 2.05) is 59.2 Å². The van der Waals surface area contributed by atoms with Gasteiger partial charge in [-0.3, -0.25) is 9.36 Å². The summed E-state index contributed by atoms with van der Waals surface area (Å²) in [5.41, 5.74) is 2.51. The fraction of sp³-hybridized carbons (Fsp3) is 0.125. The van der Waals surface area contributed by atoms with Gasteiger partial charge in [-0.1, -0.05) is 65.3 Å². The van der Waals surface area contributed by atoms with Crippen LogP contribution < -0.4 is 10.1 Å². The number of hydrogen-bond acceptors (Lipinski definition) is 5. The number of ether oxygens (including phenoxy) is 1. The van der Waals surface area contributed by atoms with E-state index in [0.29, 0.717) is 27.3 Å². The van der Waals surface area contributed by atoms with Crippen molar-refractivity contribution in [2.75, 3.05) is 18.2 Å². The molecule has 1 N–H and O–H groups in total. The van der Waals surface area contributed by atoms with E-state index >= 15 is 0 Å². The zero-order valence-electron chi connectivity index (χ0n) is 17.7. The highest BCUT2D eigenvalue weighted by molar-refractivity contribution is 7.99. The van der Waals surface area contributed by atoms with E-state index in [-0.39, 0.29) is 11.7 Å². The van der Waals surface area contributed by atoms with Crippen LogP contribution in [0.5, 0.6) is 5.75 Å². The summed E-state index contributed by atoms with van der Waals surface area (Å²) in [6.07, 6.45) is 0.604. The molecule has 6 nitrogen and oxygen atoms in total. The van der Waals surface area contributed by atoms with Crippen LogP contribution in [0.3, 0.4) is 0 Å². The summed E-state index contributed by atoms with van der Waals surface area (Å²) < 4.78 is 7.24. The van der Waals surface area contributed by atoms with E-state index in [1.165, 1.54) is 11.8 Å². The summed E-state index contributed by atoms with van der Waals surface area (Å²) >= 11 is 13.4. The molecule has 4 rings (SSSR count). The maximum Gasteiger partial charge on any atom is 0.234 e. The Morgan fingerprint density at radius 3 is 2.48 bits per heavy atom. The molecule has 0 aliphatic rings. The first kappa shape index (κ1) is 23.2. The molecule has 0 unspecified atom stereocenters. The number of hydrogen-bond donors (Lipinski definition) is 1. The van der Waals surface area contributed by atoms with Crippen molar-refractivity contribution >= 4 is 46.6 Å². The van der Waals surface area contributed by atoms with Crippen LogP contribution in [0.1, 0.15) is 11.4 Å². The second-order valence-electron chi connectivity index (χ2n) is 7.06. The SMILES string of the molecule is COc1ccc(-n2c(Cc3ccccc3)nnc2SCC(=O)Nc2ccc(Cl)cc2Cl)cc1. The molecule has 1 amide bonds. The number of halogens is 2. The molecule has 1 aromatic heterocycles. The molecule has 0 saturated heterocycles. The van der Waals surface area contributed by atoms with Gasteiger partial charge in [-0.15, -0.1) is 10.2 Å². The molecule has 4 aromatic rings. The van der Waals surface area contributed by atoms with Gasteiger partial charge in [0.15, 0.2) is 5.16 Å². The molecule has 1 heterocycles. The number of nitrogens with zero attached hydrogens (tertiary/aromatic N) is 3. The maximum absolute atomic E-state index is 12.6. The lowest BCUT2D eigenvalue weighted by atomic mass is 10.1. The van der Waals surface area contributed by atoms with E-state index in [0.717, 1.165) is 22.8 Å². The number of benzene rings is 3. The highest BCUT2D eigenvalue weighted by atomic mass is 35.5. The van der Waals surface area contributed by atoms with Crippen LogP contribution in [0.4, 0.5) is 5.69 Å². The largest absolute Gasteiger partial charge is 0.497 e. The lowest BCUT2D eigenvalue weighted by Crippen LogP contribution is -2.15. The van der Waals surface area contributed by atoms with Gasteiger partial charge in [-0.05, 0) is 48.0 Å². The molecule has 0 aliphatic heterocycles. The van der Waals surface area contributed by atoms with Crippen molar-refractivity contribution in [2.45, 2.75) is 11.6 Å². The third-order valence-electron chi connectivity index (χ3n) is 4.77. The summed E-state index contributed by atoms with van der Waals surface area (Å²) in [4.78, 5) is 12.6. The van der Waals surface area contributed by atoms with E-state index < -0.39 is 0 Å². The first-order valence-corrected chi connectivity index (χ1v) is 11.8. The average Bonchev–Trinajstić information content (AvgIpc) is 3.22. The number of aromatic nitrogens is 3. The van der Waals surface area contributed by atoms with Crippen LogP contribution in [-0.4, -0.2) is 33.5 Å². The quantitative estimate of drug-likeness (QED) is 0.306. The minimum atomic E-state index is -0.210. The van der Waals surface area contributed by atoms with E-state index in [1.54, 1.807) is 25.3 Å². The van der Waals surface area contributed by atoms with Crippen LogP contribution in [0, 0.1) is 0 Å². The molecule has 168 valence electrons. The molecule has 0 bridgehead atoms. The van der Waals surface area contributed by atoms with Gasteiger partial charge in [0.05, 0.1) is 23.6 Å². The number of methoxy groups -OCH3 is 1. The Morgan fingerprint density at radius 1 is 1.03 bits per heavy atom. The minimum Gasteiger partial charge on any atom is -0.497 e. The zero-order chi connectivity index (χ0) is 23.2. The monoisotopic (exact) mass is 498 g/mol. The molecule has 0 atom stereocenters. The Balaban J connectivity index is 1.55. The van der Waals surface area contributed by atoms with Gasteiger partial charge in [-0.25, -0.2) is 0 Å². The summed E-state index contributed by atoms with van der Waals surface area (Å²) in [6, 6.07) is 22.6. The second kappa shape index (κ2) is 10.7. The molecule has 0 radical (unpaired) electrons. The van der Waals surface area contributed by atoms with Crippen molar-refractivity contribution in [1.82, 2.24) is 14.8 Å². The smallest absolute Gasteiger partial charge is 0.234 e. The molecule has 0 aliphatic carbocycles. The highest BCUT2D eigenvalue weighted by Gasteiger charge is 2.17. The zero-order valence-corrected chi connectivity index (χ0v) is 20.0. The minimum absolute atomic E-state index is 0.137. The topological polar surface area (TPSA) is 69.0 Å². The molecule has 33 heavy (non-hydrogen) atoms. The molecule has 9 heteroatoms. The van der Waals surface area contributed by atoms with Crippen LogP contribution in [0.25, 0.3) is 5.69 Å². The Morgan fingerprint density at radius 2 is 1.79 bits per heavy atom. The Kier molecular flexibility index (Phi) is 7.54. The first-order valence-electron chi connectivity index (χ1n) is 10.0. The summed E-state index contributed by atoms with van der Waals surface area (Å²) in [6.45, 7) is 0. The van der Waals surface area contributed by atoms with Gasteiger partial charge in [-0.2, -0.15) is 0 Å². The van der Waals surface area contributed by atoms with Gasteiger partial charge in [0, 0.05) is 17.1 Å². The predicted octanol–water partition coefficient (Wildman–Crippen LogP) is 5.90. The van der Waals surface area contributed by atoms with Crippen molar-refractivity contribution in [1.29, 1.82) is 0 Å². The molecule has 3 aromatic carbocycles. The van der Waals surface area contributed by atoms with Crippen molar-refractivity contribution in [3.63, 3.8) is 0 Å². The number of nitrogens with one attached hydrogen (secondary N) is 1. The van der Waals surface area contributed by atoms with Crippen LogP contribution in [0.2, 0.25) is 10.0 Å². The first-order chi connectivity index (χ1) is 16.0. The summed E-state index contributed by atoms with van der Waals surface area (Å²) in [5.74, 6) is 1.46. The lowest BCUT2D eigenvalue weighted by molar-refractivity contribution is -0.113. The van der Waals surface area contributed by atoms with Crippen LogP contribution in [0.15, 0.2) is 78.0 Å². The molecular weight excluding hydrogens is 479 g/mol. The average molecular weight is 499 g/mol. The Labute approximate surface area is 205 Å².